The molecule has 4 rings (SSSR count). The number of aryl methyl sites for hydroxylation is 1. The summed E-state index contributed by atoms with van der Waals surface area (Å²) in [6.45, 7) is 3.36. The standard InChI is InChI=1S/C19H19N3O3/c1-2-13-3-5-14(6-4-13)21-19(23)11-22-12-20-15-9-17-18(10-16(15)22)25-8-7-24-17/h3-6,9-10,12H,2,7-8,11H2,1H3,(H,21,23). The summed E-state index contributed by atoms with van der Waals surface area (Å²) in [4.78, 5) is 16.7. The van der Waals surface area contributed by atoms with Gasteiger partial charge in [-0.2, -0.15) is 0 Å². The molecule has 0 saturated carbocycles. The van der Waals surface area contributed by atoms with Crippen LogP contribution in [-0.4, -0.2) is 28.7 Å². The normalized spacial score (nSPS) is 13.0. The van der Waals surface area contributed by atoms with Gasteiger partial charge in [-0.15, -0.1) is 0 Å². The van der Waals surface area contributed by atoms with E-state index in [1.807, 2.05) is 41.0 Å². The number of rotatable bonds is 4. The Balaban J connectivity index is 1.52. The van der Waals surface area contributed by atoms with E-state index in [2.05, 4.69) is 17.2 Å². The zero-order chi connectivity index (χ0) is 17.2. The second kappa shape index (κ2) is 6.47. The highest BCUT2D eigenvalue weighted by Crippen LogP contribution is 2.34. The van der Waals surface area contributed by atoms with Gasteiger partial charge in [0, 0.05) is 17.8 Å². The maximum Gasteiger partial charge on any atom is 0.244 e. The maximum atomic E-state index is 12.4. The third kappa shape index (κ3) is 3.15. The summed E-state index contributed by atoms with van der Waals surface area (Å²) in [6.07, 6.45) is 2.64. The Labute approximate surface area is 145 Å². The molecule has 0 bridgehead atoms. The molecule has 6 nitrogen and oxygen atoms in total. The van der Waals surface area contributed by atoms with Gasteiger partial charge in [0.25, 0.3) is 0 Å². The minimum atomic E-state index is -0.0987. The highest BCUT2D eigenvalue weighted by molar-refractivity contribution is 5.91. The molecule has 0 spiro atoms. The monoisotopic (exact) mass is 337 g/mol. The molecule has 1 N–H and O–H groups in total. The van der Waals surface area contributed by atoms with E-state index in [4.69, 9.17) is 9.47 Å². The number of amides is 1. The molecule has 0 aliphatic carbocycles. The lowest BCUT2D eigenvalue weighted by molar-refractivity contribution is -0.116. The first-order valence-corrected chi connectivity index (χ1v) is 8.36. The molecule has 2 aromatic carbocycles. The average molecular weight is 337 g/mol. The van der Waals surface area contributed by atoms with Crippen molar-refractivity contribution in [2.45, 2.75) is 19.9 Å². The maximum absolute atomic E-state index is 12.4. The van der Waals surface area contributed by atoms with Gasteiger partial charge in [-0.1, -0.05) is 19.1 Å². The molecule has 3 aromatic rings. The molecule has 0 fully saturated rings. The van der Waals surface area contributed by atoms with E-state index >= 15 is 0 Å². The van der Waals surface area contributed by atoms with Crippen LogP contribution in [0.2, 0.25) is 0 Å². The second-order valence-electron chi connectivity index (χ2n) is 5.96. The van der Waals surface area contributed by atoms with Crippen molar-refractivity contribution in [1.29, 1.82) is 0 Å². The lowest BCUT2D eigenvalue weighted by Crippen LogP contribution is -2.18. The van der Waals surface area contributed by atoms with Crippen molar-refractivity contribution < 1.29 is 14.3 Å². The van der Waals surface area contributed by atoms with Gasteiger partial charge >= 0.3 is 0 Å². The summed E-state index contributed by atoms with van der Waals surface area (Å²) in [6, 6.07) is 11.6. The second-order valence-corrected chi connectivity index (χ2v) is 5.96. The summed E-state index contributed by atoms with van der Waals surface area (Å²) in [5.41, 5.74) is 3.66. The number of anilines is 1. The smallest absolute Gasteiger partial charge is 0.244 e. The fourth-order valence-electron chi connectivity index (χ4n) is 2.90. The zero-order valence-electron chi connectivity index (χ0n) is 14.0. The molecule has 25 heavy (non-hydrogen) atoms. The quantitative estimate of drug-likeness (QED) is 0.795. The van der Waals surface area contributed by atoms with Crippen LogP contribution in [0.5, 0.6) is 11.5 Å². The number of nitrogens with one attached hydrogen (secondary N) is 1. The summed E-state index contributed by atoms with van der Waals surface area (Å²) in [5, 5.41) is 2.92. The van der Waals surface area contributed by atoms with Crippen LogP contribution in [0.25, 0.3) is 11.0 Å². The van der Waals surface area contributed by atoms with E-state index in [0.717, 1.165) is 23.1 Å². The molecular formula is C19H19N3O3. The number of ether oxygens (including phenoxy) is 2. The number of hydrogen-bond donors (Lipinski definition) is 1. The number of imidazole rings is 1. The van der Waals surface area contributed by atoms with E-state index in [1.54, 1.807) is 6.33 Å². The highest BCUT2D eigenvalue weighted by Gasteiger charge is 2.16. The Morgan fingerprint density at radius 2 is 1.88 bits per heavy atom. The molecule has 128 valence electrons. The number of carbonyl (C=O) groups is 1. The van der Waals surface area contributed by atoms with Crippen molar-refractivity contribution in [2.75, 3.05) is 18.5 Å². The van der Waals surface area contributed by atoms with E-state index in [0.29, 0.717) is 24.7 Å². The van der Waals surface area contributed by atoms with E-state index in [9.17, 15) is 4.79 Å². The number of nitrogens with zero attached hydrogens (tertiary/aromatic N) is 2. The fourth-order valence-corrected chi connectivity index (χ4v) is 2.90. The number of benzene rings is 2. The number of hydrogen-bond acceptors (Lipinski definition) is 4. The van der Waals surface area contributed by atoms with Crippen LogP contribution in [-0.2, 0) is 17.8 Å². The molecule has 1 aromatic heterocycles. The van der Waals surface area contributed by atoms with E-state index < -0.39 is 0 Å². The Hall–Kier alpha value is -3.02. The number of fused-ring (bicyclic) bond motifs is 2. The summed E-state index contributed by atoms with van der Waals surface area (Å²) < 4.78 is 13.0. The van der Waals surface area contributed by atoms with Crippen molar-refractivity contribution >= 4 is 22.6 Å². The van der Waals surface area contributed by atoms with Gasteiger partial charge in [-0.3, -0.25) is 4.79 Å². The van der Waals surface area contributed by atoms with Crippen molar-refractivity contribution in [1.82, 2.24) is 9.55 Å². The average Bonchev–Trinajstić information content (AvgIpc) is 3.02. The van der Waals surface area contributed by atoms with Crippen LogP contribution in [0.3, 0.4) is 0 Å². The first kappa shape index (κ1) is 15.5. The zero-order valence-corrected chi connectivity index (χ0v) is 14.0. The number of aromatic nitrogens is 2. The minimum Gasteiger partial charge on any atom is -0.486 e. The summed E-state index contributed by atoms with van der Waals surface area (Å²) >= 11 is 0. The Bertz CT molecular complexity index is 916. The SMILES string of the molecule is CCc1ccc(NC(=O)Cn2cnc3cc4c(cc32)OCCO4)cc1. The molecular weight excluding hydrogens is 318 g/mol. The number of carbonyl (C=O) groups excluding carboxylic acids is 1. The van der Waals surface area contributed by atoms with Crippen LogP contribution in [0.1, 0.15) is 12.5 Å². The molecule has 1 aliphatic rings. The predicted molar refractivity (Wildman–Crippen MR) is 95.2 cm³/mol. The van der Waals surface area contributed by atoms with Crippen molar-refractivity contribution in [3.05, 3.63) is 48.3 Å². The van der Waals surface area contributed by atoms with Gasteiger partial charge in [0.15, 0.2) is 11.5 Å². The largest absolute Gasteiger partial charge is 0.486 e. The summed E-state index contributed by atoms with van der Waals surface area (Å²) in [7, 11) is 0. The molecule has 0 radical (unpaired) electrons. The van der Waals surface area contributed by atoms with Crippen LogP contribution in [0, 0.1) is 0 Å². The van der Waals surface area contributed by atoms with Gasteiger partial charge in [-0.25, -0.2) is 4.98 Å². The lowest BCUT2D eigenvalue weighted by Gasteiger charge is -2.18. The van der Waals surface area contributed by atoms with Crippen molar-refractivity contribution in [3.8, 4) is 11.5 Å². The van der Waals surface area contributed by atoms with Crippen LogP contribution in [0.15, 0.2) is 42.7 Å². The Morgan fingerprint density at radius 1 is 1.16 bits per heavy atom. The van der Waals surface area contributed by atoms with Crippen LogP contribution in [0.4, 0.5) is 5.69 Å². The Kier molecular flexibility index (Phi) is 4.01. The van der Waals surface area contributed by atoms with Crippen molar-refractivity contribution in [2.24, 2.45) is 0 Å². The van der Waals surface area contributed by atoms with Gasteiger partial charge < -0.3 is 19.4 Å². The summed E-state index contributed by atoms with van der Waals surface area (Å²) in [5.74, 6) is 1.29. The molecule has 6 heteroatoms. The molecule has 2 heterocycles. The van der Waals surface area contributed by atoms with Crippen LogP contribution < -0.4 is 14.8 Å². The fraction of sp³-hybridized carbons (Fsp3) is 0.263. The Morgan fingerprint density at radius 3 is 2.60 bits per heavy atom. The van der Waals surface area contributed by atoms with Gasteiger partial charge in [0.2, 0.25) is 5.91 Å². The van der Waals surface area contributed by atoms with E-state index in [1.165, 1.54) is 5.56 Å². The lowest BCUT2D eigenvalue weighted by atomic mass is 10.1. The van der Waals surface area contributed by atoms with Gasteiger partial charge in [-0.05, 0) is 24.1 Å². The predicted octanol–water partition coefficient (Wildman–Crippen LogP) is 3.01. The minimum absolute atomic E-state index is 0.0987. The van der Waals surface area contributed by atoms with Crippen molar-refractivity contribution in [3.63, 3.8) is 0 Å². The van der Waals surface area contributed by atoms with Crippen LogP contribution >= 0.6 is 0 Å². The van der Waals surface area contributed by atoms with Gasteiger partial charge in [0.1, 0.15) is 19.8 Å². The van der Waals surface area contributed by atoms with E-state index in [-0.39, 0.29) is 12.5 Å². The highest BCUT2D eigenvalue weighted by atomic mass is 16.6. The molecule has 1 amide bonds. The third-order valence-electron chi connectivity index (χ3n) is 4.24. The third-order valence-corrected chi connectivity index (χ3v) is 4.24. The molecule has 0 atom stereocenters. The topological polar surface area (TPSA) is 65.4 Å². The molecule has 0 unspecified atom stereocenters. The van der Waals surface area contributed by atoms with Gasteiger partial charge in [0.05, 0.1) is 17.4 Å². The first-order valence-electron chi connectivity index (χ1n) is 8.36. The molecule has 0 saturated heterocycles. The molecule has 1 aliphatic heterocycles. The first-order chi connectivity index (χ1) is 12.2.